The average Bonchev–Trinajstić information content (AvgIpc) is 2.47. The van der Waals surface area contributed by atoms with E-state index >= 15 is 0 Å². The molecule has 0 amide bonds. The van der Waals surface area contributed by atoms with Gasteiger partial charge in [0.25, 0.3) is 0 Å². The normalized spacial score (nSPS) is 10.1. The van der Waals surface area contributed by atoms with Crippen LogP contribution in [0, 0.1) is 6.92 Å². The van der Waals surface area contributed by atoms with Gasteiger partial charge >= 0.3 is 5.97 Å². The SMILES string of the molecule is CCOC(=O)c1oc(C)cc1CCl. The van der Waals surface area contributed by atoms with Crippen LogP contribution in [0.15, 0.2) is 10.5 Å². The summed E-state index contributed by atoms with van der Waals surface area (Å²) < 4.78 is 9.95. The number of halogens is 1. The van der Waals surface area contributed by atoms with E-state index in [1.807, 2.05) is 0 Å². The summed E-state index contributed by atoms with van der Waals surface area (Å²) in [5.41, 5.74) is 0.678. The summed E-state index contributed by atoms with van der Waals surface area (Å²) >= 11 is 5.62. The smallest absolute Gasteiger partial charge is 0.374 e. The van der Waals surface area contributed by atoms with Gasteiger partial charge in [-0.25, -0.2) is 4.79 Å². The highest BCUT2D eigenvalue weighted by atomic mass is 35.5. The molecular formula is C9H11ClO3. The summed E-state index contributed by atoms with van der Waals surface area (Å²) in [5.74, 6) is 0.685. The highest BCUT2D eigenvalue weighted by molar-refractivity contribution is 6.17. The summed E-state index contributed by atoms with van der Waals surface area (Å²) in [6.45, 7) is 3.84. The van der Waals surface area contributed by atoms with E-state index in [9.17, 15) is 4.79 Å². The van der Waals surface area contributed by atoms with Gasteiger partial charge in [0.1, 0.15) is 5.76 Å². The number of hydrogen-bond donors (Lipinski definition) is 0. The standard InChI is InChI=1S/C9H11ClO3/c1-3-12-9(11)8-7(5-10)4-6(2)13-8/h4H,3,5H2,1-2H3. The Bertz CT molecular complexity index is 304. The molecule has 0 aliphatic rings. The first-order valence-corrected chi connectivity index (χ1v) is 4.54. The van der Waals surface area contributed by atoms with Crippen molar-refractivity contribution in [1.82, 2.24) is 0 Å². The zero-order valence-corrected chi connectivity index (χ0v) is 8.35. The van der Waals surface area contributed by atoms with Crippen LogP contribution in [0.25, 0.3) is 0 Å². The summed E-state index contributed by atoms with van der Waals surface area (Å²) in [7, 11) is 0. The maximum Gasteiger partial charge on any atom is 0.374 e. The maximum atomic E-state index is 11.3. The van der Waals surface area contributed by atoms with Gasteiger partial charge in [0.15, 0.2) is 0 Å². The number of furan rings is 1. The Hall–Kier alpha value is -0.960. The topological polar surface area (TPSA) is 39.4 Å². The first kappa shape index (κ1) is 10.1. The molecule has 0 aromatic carbocycles. The summed E-state index contributed by atoms with van der Waals surface area (Å²) in [5, 5.41) is 0. The third-order valence-corrected chi connectivity index (χ3v) is 1.82. The molecule has 0 N–H and O–H groups in total. The molecule has 0 saturated heterocycles. The van der Waals surface area contributed by atoms with Gasteiger partial charge in [-0.2, -0.15) is 0 Å². The summed E-state index contributed by atoms with van der Waals surface area (Å²) in [6.07, 6.45) is 0. The van der Waals surface area contributed by atoms with Gasteiger partial charge in [0.05, 0.1) is 12.5 Å². The molecule has 0 radical (unpaired) electrons. The Labute approximate surface area is 81.6 Å². The van der Waals surface area contributed by atoms with Gasteiger partial charge in [-0.15, -0.1) is 11.6 Å². The number of ether oxygens (including phenoxy) is 1. The van der Waals surface area contributed by atoms with Crippen LogP contribution in [0.4, 0.5) is 0 Å². The predicted octanol–water partition coefficient (Wildman–Crippen LogP) is 2.50. The molecule has 0 aliphatic heterocycles. The first-order valence-electron chi connectivity index (χ1n) is 4.01. The van der Waals surface area contributed by atoms with Crippen molar-refractivity contribution in [2.45, 2.75) is 19.7 Å². The van der Waals surface area contributed by atoms with Gasteiger partial charge in [0, 0.05) is 5.56 Å². The number of carbonyl (C=O) groups excluding carboxylic acids is 1. The minimum absolute atomic E-state index is 0.217. The monoisotopic (exact) mass is 202 g/mol. The largest absolute Gasteiger partial charge is 0.460 e. The lowest BCUT2D eigenvalue weighted by Crippen LogP contribution is -2.05. The maximum absolute atomic E-state index is 11.3. The van der Waals surface area contributed by atoms with Crippen LogP contribution in [0.2, 0.25) is 0 Å². The van der Waals surface area contributed by atoms with Crippen LogP contribution in [0.5, 0.6) is 0 Å². The van der Waals surface area contributed by atoms with Crippen molar-refractivity contribution in [3.63, 3.8) is 0 Å². The number of esters is 1. The Morgan fingerprint density at radius 2 is 2.38 bits per heavy atom. The van der Waals surface area contributed by atoms with Gasteiger partial charge < -0.3 is 9.15 Å². The summed E-state index contributed by atoms with van der Waals surface area (Å²) in [6, 6.07) is 1.74. The Balaban J connectivity index is 2.91. The molecule has 1 aromatic rings. The lowest BCUT2D eigenvalue weighted by Gasteiger charge is -1.98. The van der Waals surface area contributed by atoms with Crippen molar-refractivity contribution in [3.05, 3.63) is 23.2 Å². The van der Waals surface area contributed by atoms with Crippen molar-refractivity contribution in [2.24, 2.45) is 0 Å². The second kappa shape index (κ2) is 4.33. The minimum Gasteiger partial charge on any atom is -0.460 e. The lowest BCUT2D eigenvalue weighted by molar-refractivity contribution is 0.0487. The van der Waals surface area contributed by atoms with Crippen molar-refractivity contribution < 1.29 is 13.9 Å². The molecule has 0 fully saturated rings. The molecule has 0 saturated carbocycles. The van der Waals surface area contributed by atoms with Gasteiger partial charge in [-0.05, 0) is 19.9 Å². The van der Waals surface area contributed by atoms with Crippen LogP contribution >= 0.6 is 11.6 Å². The zero-order chi connectivity index (χ0) is 9.84. The van der Waals surface area contributed by atoms with E-state index in [1.54, 1.807) is 19.9 Å². The molecule has 0 atom stereocenters. The molecule has 0 aliphatic carbocycles. The van der Waals surface area contributed by atoms with Gasteiger partial charge in [-0.1, -0.05) is 0 Å². The first-order chi connectivity index (χ1) is 6.19. The average molecular weight is 203 g/mol. The Kier molecular flexibility index (Phi) is 3.37. The zero-order valence-electron chi connectivity index (χ0n) is 7.59. The van der Waals surface area contributed by atoms with E-state index in [1.165, 1.54) is 0 Å². The lowest BCUT2D eigenvalue weighted by atomic mass is 10.2. The quantitative estimate of drug-likeness (QED) is 0.559. The molecular weight excluding hydrogens is 192 g/mol. The third-order valence-electron chi connectivity index (χ3n) is 1.54. The predicted molar refractivity (Wildman–Crippen MR) is 49.0 cm³/mol. The highest BCUT2D eigenvalue weighted by Crippen LogP contribution is 2.17. The molecule has 0 spiro atoms. The van der Waals surface area contributed by atoms with E-state index in [-0.39, 0.29) is 11.6 Å². The molecule has 4 heteroatoms. The Morgan fingerprint density at radius 1 is 1.69 bits per heavy atom. The number of aryl methyl sites for hydroxylation is 1. The molecule has 1 rings (SSSR count). The highest BCUT2D eigenvalue weighted by Gasteiger charge is 2.17. The second-order valence-electron chi connectivity index (χ2n) is 2.57. The molecule has 1 heterocycles. The van der Waals surface area contributed by atoms with E-state index in [2.05, 4.69) is 0 Å². The summed E-state index contributed by atoms with van der Waals surface area (Å²) in [4.78, 5) is 11.3. The molecule has 13 heavy (non-hydrogen) atoms. The number of alkyl halides is 1. The number of carbonyl (C=O) groups is 1. The number of rotatable bonds is 3. The van der Waals surface area contributed by atoms with Crippen molar-refractivity contribution in [3.8, 4) is 0 Å². The molecule has 1 aromatic heterocycles. The van der Waals surface area contributed by atoms with Crippen molar-refractivity contribution in [1.29, 1.82) is 0 Å². The fourth-order valence-electron chi connectivity index (χ4n) is 1.04. The van der Waals surface area contributed by atoms with E-state index < -0.39 is 5.97 Å². The third kappa shape index (κ3) is 2.25. The van der Waals surface area contributed by atoms with Crippen molar-refractivity contribution in [2.75, 3.05) is 6.61 Å². The molecule has 0 unspecified atom stereocenters. The Morgan fingerprint density at radius 3 is 2.92 bits per heavy atom. The van der Waals surface area contributed by atoms with Crippen LogP contribution in [0.1, 0.15) is 28.8 Å². The van der Waals surface area contributed by atoms with Crippen molar-refractivity contribution >= 4 is 17.6 Å². The van der Waals surface area contributed by atoms with Gasteiger partial charge in [-0.3, -0.25) is 0 Å². The van der Waals surface area contributed by atoms with Crippen LogP contribution in [0.3, 0.4) is 0 Å². The van der Waals surface area contributed by atoms with Crippen LogP contribution < -0.4 is 0 Å². The van der Waals surface area contributed by atoms with Crippen LogP contribution in [-0.2, 0) is 10.6 Å². The van der Waals surface area contributed by atoms with E-state index in [0.29, 0.717) is 17.9 Å². The van der Waals surface area contributed by atoms with E-state index in [0.717, 1.165) is 0 Å². The van der Waals surface area contributed by atoms with Gasteiger partial charge in [0.2, 0.25) is 5.76 Å². The molecule has 72 valence electrons. The molecule has 3 nitrogen and oxygen atoms in total. The van der Waals surface area contributed by atoms with Crippen LogP contribution in [-0.4, -0.2) is 12.6 Å². The number of hydrogen-bond acceptors (Lipinski definition) is 3. The fourth-order valence-corrected chi connectivity index (χ4v) is 1.23. The second-order valence-corrected chi connectivity index (χ2v) is 2.83. The molecule has 0 bridgehead atoms. The van der Waals surface area contributed by atoms with E-state index in [4.69, 9.17) is 20.8 Å². The fraction of sp³-hybridized carbons (Fsp3) is 0.444. The minimum atomic E-state index is -0.453.